The van der Waals surface area contributed by atoms with E-state index in [-0.39, 0.29) is 6.10 Å². The molecule has 3 N–H and O–H groups in total. The van der Waals surface area contributed by atoms with Gasteiger partial charge in [0, 0.05) is 22.0 Å². The van der Waals surface area contributed by atoms with Crippen molar-refractivity contribution in [1.29, 1.82) is 0 Å². The number of nitrogens with two attached hydrogens (primary N) is 1. The van der Waals surface area contributed by atoms with Gasteiger partial charge in [0.15, 0.2) is 0 Å². The summed E-state index contributed by atoms with van der Waals surface area (Å²) in [5, 5.41) is 6.70. The first-order valence-electron chi connectivity index (χ1n) is 5.43. The smallest absolute Gasteiger partial charge is 0.131 e. The minimum Gasteiger partial charge on any atom is -0.489 e. The molecule has 1 unspecified atom stereocenters. The molecule has 0 amide bonds. The molecule has 0 saturated carbocycles. The van der Waals surface area contributed by atoms with E-state index >= 15 is 0 Å². The van der Waals surface area contributed by atoms with Crippen molar-refractivity contribution in [3.8, 4) is 16.9 Å². The number of ether oxygens (including phenoxy) is 1. The zero-order valence-electron chi connectivity index (χ0n) is 9.33. The number of benzene rings is 1. The highest BCUT2D eigenvalue weighted by Gasteiger charge is 2.24. The van der Waals surface area contributed by atoms with Crippen molar-refractivity contribution in [2.45, 2.75) is 19.4 Å². The van der Waals surface area contributed by atoms with Crippen LogP contribution in [0, 0.1) is 0 Å². The molecular weight excluding hydrogens is 282 g/mol. The number of nitrogens with zero attached hydrogens (tertiary/aromatic N) is 1. The predicted molar refractivity (Wildman–Crippen MR) is 69.9 cm³/mol. The van der Waals surface area contributed by atoms with E-state index in [0.29, 0.717) is 5.82 Å². The Morgan fingerprint density at radius 3 is 3.00 bits per heavy atom. The summed E-state index contributed by atoms with van der Waals surface area (Å²) in [5.74, 6) is 1.49. The van der Waals surface area contributed by atoms with Crippen molar-refractivity contribution in [2.75, 3.05) is 5.73 Å². The lowest BCUT2D eigenvalue weighted by Gasteiger charge is -2.09. The lowest BCUT2D eigenvalue weighted by molar-refractivity contribution is 0.255. The van der Waals surface area contributed by atoms with Crippen molar-refractivity contribution in [3.63, 3.8) is 0 Å². The molecule has 88 valence electrons. The molecule has 17 heavy (non-hydrogen) atoms. The highest BCUT2D eigenvalue weighted by Crippen LogP contribution is 2.42. The number of halogens is 1. The lowest BCUT2D eigenvalue weighted by Crippen LogP contribution is -2.05. The Morgan fingerprint density at radius 2 is 2.29 bits per heavy atom. The minimum absolute atomic E-state index is 0.214. The van der Waals surface area contributed by atoms with Crippen molar-refractivity contribution in [2.24, 2.45) is 0 Å². The second kappa shape index (κ2) is 3.77. The summed E-state index contributed by atoms with van der Waals surface area (Å²) >= 11 is 3.52. The van der Waals surface area contributed by atoms with E-state index in [1.54, 1.807) is 6.20 Å². The molecule has 0 saturated heterocycles. The Labute approximate surface area is 107 Å². The van der Waals surface area contributed by atoms with Gasteiger partial charge in [-0.05, 0) is 24.6 Å². The van der Waals surface area contributed by atoms with Gasteiger partial charge in [-0.15, -0.1) is 0 Å². The molecule has 4 nitrogen and oxygen atoms in total. The molecule has 2 aromatic rings. The number of hydrogen-bond acceptors (Lipinski definition) is 3. The van der Waals surface area contributed by atoms with E-state index < -0.39 is 0 Å². The molecule has 0 radical (unpaired) electrons. The third-order valence-electron chi connectivity index (χ3n) is 2.92. The molecule has 0 fully saturated rings. The molecule has 1 aromatic carbocycles. The maximum Gasteiger partial charge on any atom is 0.131 e. The molecule has 1 aliphatic heterocycles. The summed E-state index contributed by atoms with van der Waals surface area (Å²) in [5.41, 5.74) is 8.95. The normalized spacial score (nSPS) is 17.9. The Kier molecular flexibility index (Phi) is 2.36. The Hall–Kier alpha value is -1.49. The van der Waals surface area contributed by atoms with Crippen LogP contribution in [0.4, 0.5) is 5.82 Å². The number of aromatic amines is 1. The maximum atomic E-state index is 5.86. The minimum atomic E-state index is 0.214. The summed E-state index contributed by atoms with van der Waals surface area (Å²) in [7, 11) is 0. The molecule has 0 bridgehead atoms. The van der Waals surface area contributed by atoms with Gasteiger partial charge < -0.3 is 10.5 Å². The Balaban J connectivity index is 2.21. The average molecular weight is 294 g/mol. The quantitative estimate of drug-likeness (QED) is 0.850. The van der Waals surface area contributed by atoms with Crippen LogP contribution in [0.5, 0.6) is 5.75 Å². The number of fused-ring (bicyclic) bond motifs is 1. The van der Waals surface area contributed by atoms with Gasteiger partial charge in [0.1, 0.15) is 17.7 Å². The van der Waals surface area contributed by atoms with E-state index in [2.05, 4.69) is 39.1 Å². The van der Waals surface area contributed by atoms with Crippen LogP contribution in [0.1, 0.15) is 12.5 Å². The zero-order valence-corrected chi connectivity index (χ0v) is 10.9. The average Bonchev–Trinajstić information content (AvgIpc) is 2.82. The number of hydrogen-bond donors (Lipinski definition) is 2. The number of nitrogens with one attached hydrogen (secondary N) is 1. The zero-order chi connectivity index (χ0) is 12.0. The van der Waals surface area contributed by atoms with Gasteiger partial charge in [0.25, 0.3) is 0 Å². The second-order valence-electron chi connectivity index (χ2n) is 4.27. The van der Waals surface area contributed by atoms with E-state index in [1.165, 1.54) is 5.56 Å². The standard InChI is InChI=1S/C12H12BrN3O/c1-6-2-7-3-8(13)4-9(11(7)17-6)10-5-15-16-12(10)14/h3-6H,2H2,1H3,(H3,14,15,16). The van der Waals surface area contributed by atoms with Gasteiger partial charge >= 0.3 is 0 Å². The van der Waals surface area contributed by atoms with Crippen LogP contribution >= 0.6 is 15.9 Å². The van der Waals surface area contributed by atoms with Crippen LogP contribution in [0.15, 0.2) is 22.8 Å². The number of aromatic nitrogens is 2. The van der Waals surface area contributed by atoms with Crippen LogP contribution in [0.2, 0.25) is 0 Å². The van der Waals surface area contributed by atoms with Gasteiger partial charge in [0.2, 0.25) is 0 Å². The summed E-state index contributed by atoms with van der Waals surface area (Å²) < 4.78 is 6.89. The van der Waals surface area contributed by atoms with Crippen LogP contribution in [0.3, 0.4) is 0 Å². The Morgan fingerprint density at radius 1 is 1.47 bits per heavy atom. The molecule has 2 heterocycles. The molecule has 0 aliphatic carbocycles. The van der Waals surface area contributed by atoms with Crippen molar-refractivity contribution in [3.05, 3.63) is 28.4 Å². The van der Waals surface area contributed by atoms with E-state index in [9.17, 15) is 0 Å². The van der Waals surface area contributed by atoms with Gasteiger partial charge in [-0.1, -0.05) is 15.9 Å². The molecule has 1 aromatic heterocycles. The summed E-state index contributed by atoms with van der Waals surface area (Å²) in [4.78, 5) is 0. The topological polar surface area (TPSA) is 63.9 Å². The molecule has 1 atom stereocenters. The molecular formula is C12H12BrN3O. The molecule has 5 heteroatoms. The lowest BCUT2D eigenvalue weighted by atomic mass is 10.0. The molecule has 1 aliphatic rings. The fourth-order valence-electron chi connectivity index (χ4n) is 2.20. The van der Waals surface area contributed by atoms with Crippen LogP contribution in [-0.2, 0) is 6.42 Å². The van der Waals surface area contributed by atoms with E-state index in [0.717, 1.165) is 27.8 Å². The first kappa shape index (κ1) is 10.7. The highest BCUT2D eigenvalue weighted by molar-refractivity contribution is 9.10. The predicted octanol–water partition coefficient (Wildman–Crippen LogP) is 2.74. The largest absolute Gasteiger partial charge is 0.489 e. The SMILES string of the molecule is CC1Cc2cc(Br)cc(-c3cn[nH]c3N)c2O1. The molecule has 0 spiro atoms. The van der Waals surface area contributed by atoms with Crippen molar-refractivity contribution in [1.82, 2.24) is 10.2 Å². The molecule has 3 rings (SSSR count). The monoisotopic (exact) mass is 293 g/mol. The van der Waals surface area contributed by atoms with Gasteiger partial charge in [-0.3, -0.25) is 5.10 Å². The fourth-order valence-corrected chi connectivity index (χ4v) is 2.71. The summed E-state index contributed by atoms with van der Waals surface area (Å²) in [6.45, 7) is 2.07. The van der Waals surface area contributed by atoms with E-state index in [1.807, 2.05) is 6.07 Å². The van der Waals surface area contributed by atoms with Crippen LogP contribution < -0.4 is 10.5 Å². The van der Waals surface area contributed by atoms with Crippen LogP contribution in [0.25, 0.3) is 11.1 Å². The number of H-pyrrole nitrogens is 1. The highest BCUT2D eigenvalue weighted by atomic mass is 79.9. The van der Waals surface area contributed by atoms with E-state index in [4.69, 9.17) is 10.5 Å². The summed E-state index contributed by atoms with van der Waals surface area (Å²) in [6, 6.07) is 4.11. The van der Waals surface area contributed by atoms with Crippen molar-refractivity contribution < 1.29 is 4.74 Å². The summed E-state index contributed by atoms with van der Waals surface area (Å²) in [6.07, 6.45) is 2.87. The van der Waals surface area contributed by atoms with Crippen LogP contribution in [-0.4, -0.2) is 16.3 Å². The van der Waals surface area contributed by atoms with Gasteiger partial charge in [-0.2, -0.15) is 5.10 Å². The number of nitrogen functional groups attached to an aromatic ring is 1. The van der Waals surface area contributed by atoms with Crippen molar-refractivity contribution >= 4 is 21.7 Å². The third kappa shape index (κ3) is 1.70. The first-order chi connectivity index (χ1) is 8.15. The van der Waals surface area contributed by atoms with Gasteiger partial charge in [-0.25, -0.2) is 0 Å². The first-order valence-corrected chi connectivity index (χ1v) is 6.22. The number of rotatable bonds is 1. The second-order valence-corrected chi connectivity index (χ2v) is 5.19. The van der Waals surface area contributed by atoms with Gasteiger partial charge in [0.05, 0.1) is 6.20 Å². The third-order valence-corrected chi connectivity index (χ3v) is 3.37. The fraction of sp³-hybridized carbons (Fsp3) is 0.250. The maximum absolute atomic E-state index is 5.86. The Bertz CT molecular complexity index is 579. The number of anilines is 1.